The number of pyridine rings is 1. The maximum atomic E-state index is 15.4. The molecule has 0 fully saturated rings. The highest BCUT2D eigenvalue weighted by Gasteiger charge is 2.20. The molecule has 0 aliphatic rings. The van der Waals surface area contributed by atoms with Crippen LogP contribution in [0.4, 0.5) is 17.6 Å². The maximum Gasteiger partial charge on any atom is 0.338 e. The van der Waals surface area contributed by atoms with Crippen molar-refractivity contribution in [3.63, 3.8) is 0 Å². The van der Waals surface area contributed by atoms with E-state index in [0.717, 1.165) is 29.8 Å². The molecule has 0 bridgehead atoms. The second-order valence-electron chi connectivity index (χ2n) is 9.64. The number of imidazole rings is 1. The topological polar surface area (TPSA) is 86.5 Å². The molecule has 1 N–H and O–H groups in total. The molecule has 0 amide bonds. The SMILES string of the molecule is CC.COCCn1c(Cc2cc(F)c(-c3cccc(OCc4ccc(C)cc4F)n3)cc2F)nc2cc(F)c(C(=O)O)cc21. The van der Waals surface area contributed by atoms with Crippen molar-refractivity contribution < 1.29 is 36.9 Å². The molecule has 0 radical (unpaired) electrons. The average molecular weight is 610 g/mol. The molecule has 11 heteroatoms. The number of aromatic nitrogens is 3. The van der Waals surface area contributed by atoms with Gasteiger partial charge in [0.15, 0.2) is 0 Å². The van der Waals surface area contributed by atoms with Gasteiger partial charge in [-0.2, -0.15) is 0 Å². The first-order chi connectivity index (χ1) is 21.1. The normalized spacial score (nSPS) is 10.9. The second kappa shape index (κ2) is 14.1. The summed E-state index contributed by atoms with van der Waals surface area (Å²) in [5.74, 6) is -3.92. The Labute approximate surface area is 251 Å². The zero-order valence-electron chi connectivity index (χ0n) is 24.6. The fraction of sp³-hybridized carbons (Fsp3) is 0.242. The number of methoxy groups -OCH3 is 1. The first kappa shape index (κ1) is 32.2. The van der Waals surface area contributed by atoms with Gasteiger partial charge >= 0.3 is 5.97 Å². The summed E-state index contributed by atoms with van der Waals surface area (Å²) in [6, 6.07) is 13.5. The second-order valence-corrected chi connectivity index (χ2v) is 9.64. The Morgan fingerprint density at radius 1 is 0.886 bits per heavy atom. The van der Waals surface area contributed by atoms with Crippen molar-refractivity contribution in [3.8, 4) is 17.1 Å². The molecule has 230 valence electrons. The molecule has 0 atom stereocenters. The summed E-state index contributed by atoms with van der Waals surface area (Å²) in [6.07, 6.45) is -0.163. The number of rotatable bonds is 10. The van der Waals surface area contributed by atoms with E-state index in [9.17, 15) is 18.7 Å². The van der Waals surface area contributed by atoms with Gasteiger partial charge in [-0.25, -0.2) is 32.3 Å². The highest BCUT2D eigenvalue weighted by molar-refractivity contribution is 5.93. The Morgan fingerprint density at radius 3 is 2.34 bits per heavy atom. The summed E-state index contributed by atoms with van der Waals surface area (Å²) >= 11 is 0. The van der Waals surface area contributed by atoms with E-state index in [1.165, 1.54) is 25.3 Å². The highest BCUT2D eigenvalue weighted by Crippen LogP contribution is 2.29. The smallest absolute Gasteiger partial charge is 0.338 e. The lowest BCUT2D eigenvalue weighted by Crippen LogP contribution is -2.10. The molecular formula is C33H31F4N3O4. The van der Waals surface area contributed by atoms with Crippen LogP contribution in [-0.4, -0.2) is 39.3 Å². The lowest BCUT2D eigenvalue weighted by atomic mass is 10.0. The van der Waals surface area contributed by atoms with Crippen molar-refractivity contribution in [2.24, 2.45) is 0 Å². The highest BCUT2D eigenvalue weighted by atomic mass is 19.1. The number of fused-ring (bicyclic) bond motifs is 1. The number of ether oxygens (including phenoxy) is 2. The van der Waals surface area contributed by atoms with Gasteiger partial charge in [0.05, 0.1) is 28.9 Å². The molecule has 0 saturated heterocycles. The number of carboxylic acid groups (broad SMARTS) is 1. The third-order valence-corrected chi connectivity index (χ3v) is 6.73. The fourth-order valence-electron chi connectivity index (χ4n) is 4.58. The van der Waals surface area contributed by atoms with E-state index in [0.29, 0.717) is 11.1 Å². The largest absolute Gasteiger partial charge is 0.478 e. The van der Waals surface area contributed by atoms with Gasteiger partial charge in [-0.3, -0.25) is 0 Å². The van der Waals surface area contributed by atoms with Crippen LogP contribution in [0.1, 0.15) is 46.7 Å². The number of carbonyl (C=O) groups is 1. The number of halogens is 4. The minimum atomic E-state index is -1.44. The number of aromatic carboxylic acids is 1. The van der Waals surface area contributed by atoms with Crippen LogP contribution in [0.25, 0.3) is 22.3 Å². The summed E-state index contributed by atoms with van der Waals surface area (Å²) in [7, 11) is 1.48. The van der Waals surface area contributed by atoms with E-state index in [2.05, 4.69) is 9.97 Å². The molecule has 0 spiro atoms. The summed E-state index contributed by atoms with van der Waals surface area (Å²) in [6.45, 7) is 6.11. The van der Waals surface area contributed by atoms with Crippen LogP contribution in [0.15, 0.2) is 60.7 Å². The molecule has 0 unspecified atom stereocenters. The maximum absolute atomic E-state index is 15.4. The van der Waals surface area contributed by atoms with Crippen molar-refractivity contribution in [1.82, 2.24) is 14.5 Å². The zero-order valence-corrected chi connectivity index (χ0v) is 24.6. The number of aryl methyl sites for hydroxylation is 1. The molecule has 2 heterocycles. The first-order valence-electron chi connectivity index (χ1n) is 13.9. The quantitative estimate of drug-likeness (QED) is 0.165. The van der Waals surface area contributed by atoms with Gasteiger partial charge in [0.2, 0.25) is 5.88 Å². The molecule has 44 heavy (non-hydrogen) atoms. The molecule has 3 aromatic carbocycles. The van der Waals surface area contributed by atoms with E-state index in [1.807, 2.05) is 13.8 Å². The van der Waals surface area contributed by atoms with Crippen molar-refractivity contribution in [1.29, 1.82) is 0 Å². The zero-order chi connectivity index (χ0) is 32.0. The van der Waals surface area contributed by atoms with Gasteiger partial charge in [0.1, 0.15) is 35.7 Å². The number of carboxylic acids is 1. The van der Waals surface area contributed by atoms with E-state index in [4.69, 9.17) is 9.47 Å². The van der Waals surface area contributed by atoms with Crippen LogP contribution in [0, 0.1) is 30.2 Å². The van der Waals surface area contributed by atoms with Gasteiger partial charge in [0.25, 0.3) is 0 Å². The van der Waals surface area contributed by atoms with Gasteiger partial charge in [-0.05, 0) is 48.4 Å². The predicted octanol–water partition coefficient (Wildman–Crippen LogP) is 7.50. The van der Waals surface area contributed by atoms with E-state index in [-0.39, 0.29) is 60.2 Å². The standard InChI is InChI=1S/C31H25F4N3O4.C2H6/c1-17-6-7-18(22(32)10-17)16-42-30-5-3-4-26(37-30)20-13-23(33)19(11-24(20)34)12-29-36-27-15-25(35)21(31(39)40)14-28(27)38(29)8-9-41-2;1-2/h3-7,10-11,13-15H,8-9,12,16H2,1-2H3,(H,39,40);1-2H3. The van der Waals surface area contributed by atoms with Crippen LogP contribution < -0.4 is 4.74 Å². The molecule has 5 aromatic rings. The van der Waals surface area contributed by atoms with Crippen molar-refractivity contribution in [2.45, 2.75) is 40.3 Å². The molecule has 2 aromatic heterocycles. The molecule has 7 nitrogen and oxygen atoms in total. The third kappa shape index (κ3) is 7.05. The lowest BCUT2D eigenvalue weighted by molar-refractivity contribution is 0.0692. The van der Waals surface area contributed by atoms with E-state index >= 15 is 8.78 Å². The van der Waals surface area contributed by atoms with Crippen LogP contribution in [0.3, 0.4) is 0 Å². The monoisotopic (exact) mass is 609 g/mol. The van der Waals surface area contributed by atoms with Gasteiger partial charge in [-0.1, -0.05) is 32.0 Å². The predicted molar refractivity (Wildman–Crippen MR) is 158 cm³/mol. The number of nitrogens with zero attached hydrogens (tertiary/aromatic N) is 3. The average Bonchev–Trinajstić information content (AvgIpc) is 3.33. The molecule has 0 aliphatic carbocycles. The van der Waals surface area contributed by atoms with Crippen molar-refractivity contribution in [2.75, 3.05) is 13.7 Å². The molecular weight excluding hydrogens is 578 g/mol. The lowest BCUT2D eigenvalue weighted by Gasteiger charge is -2.12. The van der Waals surface area contributed by atoms with Gasteiger partial charge in [-0.15, -0.1) is 0 Å². The minimum absolute atomic E-state index is 0.0218. The van der Waals surface area contributed by atoms with Crippen molar-refractivity contribution in [3.05, 3.63) is 112 Å². The van der Waals surface area contributed by atoms with E-state index < -0.39 is 34.8 Å². The van der Waals surface area contributed by atoms with Gasteiger partial charge in [0, 0.05) is 43.3 Å². The summed E-state index contributed by atoms with van der Waals surface area (Å²) < 4.78 is 71.5. The summed E-state index contributed by atoms with van der Waals surface area (Å²) in [4.78, 5) is 20.1. The Hall–Kier alpha value is -4.77. The number of hydrogen-bond donors (Lipinski definition) is 1. The molecule has 0 aliphatic heterocycles. The van der Waals surface area contributed by atoms with Gasteiger partial charge < -0.3 is 19.1 Å². The minimum Gasteiger partial charge on any atom is -0.478 e. The summed E-state index contributed by atoms with van der Waals surface area (Å²) in [5.41, 5.74) is 1.05. The van der Waals surface area contributed by atoms with Crippen LogP contribution in [-0.2, 0) is 24.3 Å². The fourth-order valence-corrected chi connectivity index (χ4v) is 4.58. The number of benzene rings is 3. The summed E-state index contributed by atoms with van der Waals surface area (Å²) in [5, 5.41) is 9.33. The Balaban J connectivity index is 0.00000216. The Morgan fingerprint density at radius 2 is 1.64 bits per heavy atom. The molecule has 5 rings (SSSR count). The van der Waals surface area contributed by atoms with E-state index in [1.54, 1.807) is 29.7 Å². The van der Waals surface area contributed by atoms with Crippen LogP contribution in [0.2, 0.25) is 0 Å². The van der Waals surface area contributed by atoms with Crippen LogP contribution in [0.5, 0.6) is 5.88 Å². The Bertz CT molecular complexity index is 1810. The number of hydrogen-bond acceptors (Lipinski definition) is 5. The Kier molecular flexibility index (Phi) is 10.3. The third-order valence-electron chi connectivity index (χ3n) is 6.73. The first-order valence-corrected chi connectivity index (χ1v) is 13.9. The van der Waals surface area contributed by atoms with Crippen molar-refractivity contribution >= 4 is 17.0 Å². The van der Waals surface area contributed by atoms with Crippen LogP contribution >= 0.6 is 0 Å². The molecule has 0 saturated carbocycles.